The molecule has 0 aliphatic carbocycles. The largest absolute Gasteiger partial charge is 0.344 e. The van der Waals surface area contributed by atoms with Gasteiger partial charge in [-0.05, 0) is 12.1 Å². The number of aromatic nitrogens is 2. The summed E-state index contributed by atoms with van der Waals surface area (Å²) in [5.74, 6) is -0.234. The zero-order valence-corrected chi connectivity index (χ0v) is 13.7. The van der Waals surface area contributed by atoms with Gasteiger partial charge in [-0.1, -0.05) is 13.8 Å². The summed E-state index contributed by atoms with van der Waals surface area (Å²) < 4.78 is 13.9. The molecule has 0 saturated heterocycles. The Labute approximate surface area is 135 Å². The van der Waals surface area contributed by atoms with Crippen LogP contribution >= 0.6 is 22.7 Å². The summed E-state index contributed by atoms with van der Waals surface area (Å²) in [6.07, 6.45) is 0. The van der Waals surface area contributed by atoms with Crippen LogP contribution in [0.15, 0.2) is 23.6 Å². The zero-order chi connectivity index (χ0) is 15.7. The van der Waals surface area contributed by atoms with Crippen LogP contribution in [0.1, 0.15) is 40.3 Å². The number of benzene rings is 1. The number of rotatable bonds is 4. The number of nitrogens with one attached hydrogen (secondary N) is 1. The fraction of sp³-hybridized carbons (Fsp3) is 0.267. The normalized spacial score (nSPS) is 11.3. The standard InChI is InChI=1S/C15H14FN3OS2/c1-8(2)14-18-10(7-21-14)6-17-13(20)15-19-11-5-9(16)3-4-12(11)22-15/h3-5,7-8H,6H2,1-2H3,(H,17,20). The fourth-order valence-corrected chi connectivity index (χ4v) is 3.61. The van der Waals surface area contributed by atoms with Gasteiger partial charge in [0, 0.05) is 17.4 Å². The fourth-order valence-electron chi connectivity index (χ4n) is 1.91. The molecule has 1 amide bonds. The van der Waals surface area contributed by atoms with Crippen molar-refractivity contribution in [2.45, 2.75) is 26.3 Å². The second-order valence-electron chi connectivity index (χ2n) is 5.15. The molecule has 0 aliphatic rings. The molecule has 4 nitrogen and oxygen atoms in total. The minimum atomic E-state index is -0.353. The highest BCUT2D eigenvalue weighted by Gasteiger charge is 2.13. The molecule has 3 aromatic rings. The van der Waals surface area contributed by atoms with E-state index in [2.05, 4.69) is 29.1 Å². The first-order valence-corrected chi connectivity index (χ1v) is 8.51. The van der Waals surface area contributed by atoms with Gasteiger partial charge in [-0.3, -0.25) is 4.79 Å². The highest BCUT2D eigenvalue weighted by molar-refractivity contribution is 7.20. The van der Waals surface area contributed by atoms with E-state index in [-0.39, 0.29) is 11.7 Å². The van der Waals surface area contributed by atoms with Crippen LogP contribution < -0.4 is 5.32 Å². The van der Waals surface area contributed by atoms with Gasteiger partial charge in [0.25, 0.3) is 5.91 Å². The molecule has 22 heavy (non-hydrogen) atoms. The van der Waals surface area contributed by atoms with Gasteiger partial charge in [0.15, 0.2) is 5.01 Å². The lowest BCUT2D eigenvalue weighted by Crippen LogP contribution is -2.22. The molecule has 7 heteroatoms. The highest BCUT2D eigenvalue weighted by Crippen LogP contribution is 2.23. The minimum absolute atomic E-state index is 0.263. The maximum Gasteiger partial charge on any atom is 0.280 e. The Hall–Kier alpha value is -1.86. The molecule has 2 aromatic heterocycles. The Morgan fingerprint density at radius 2 is 2.18 bits per heavy atom. The van der Waals surface area contributed by atoms with Crippen LogP contribution in [-0.2, 0) is 6.54 Å². The van der Waals surface area contributed by atoms with Gasteiger partial charge >= 0.3 is 0 Å². The van der Waals surface area contributed by atoms with Gasteiger partial charge in [0.2, 0.25) is 0 Å². The molecule has 1 N–H and O–H groups in total. The van der Waals surface area contributed by atoms with E-state index in [1.807, 2.05) is 5.38 Å². The topological polar surface area (TPSA) is 54.9 Å². The summed E-state index contributed by atoms with van der Waals surface area (Å²) in [4.78, 5) is 20.8. The van der Waals surface area contributed by atoms with E-state index < -0.39 is 0 Å². The van der Waals surface area contributed by atoms with Gasteiger partial charge in [-0.15, -0.1) is 22.7 Å². The molecule has 114 valence electrons. The van der Waals surface area contributed by atoms with Crippen molar-refractivity contribution in [3.63, 3.8) is 0 Å². The first kappa shape index (κ1) is 15.1. The Kier molecular flexibility index (Phi) is 4.17. The van der Waals surface area contributed by atoms with Crippen molar-refractivity contribution in [2.24, 2.45) is 0 Å². The third kappa shape index (κ3) is 3.15. The number of carbonyl (C=O) groups excluding carboxylic acids is 1. The smallest absolute Gasteiger partial charge is 0.280 e. The molecule has 0 spiro atoms. The number of amides is 1. The van der Waals surface area contributed by atoms with Gasteiger partial charge < -0.3 is 5.32 Å². The monoisotopic (exact) mass is 335 g/mol. The number of hydrogen-bond acceptors (Lipinski definition) is 5. The van der Waals surface area contributed by atoms with Crippen LogP contribution in [0.4, 0.5) is 4.39 Å². The summed E-state index contributed by atoms with van der Waals surface area (Å²) in [5, 5.41) is 6.14. The molecule has 1 aromatic carbocycles. The molecule has 0 saturated carbocycles. The number of halogens is 1. The molecule has 0 radical (unpaired) electrons. The average Bonchev–Trinajstić information content (AvgIpc) is 3.10. The predicted octanol–water partition coefficient (Wildman–Crippen LogP) is 3.95. The number of fused-ring (bicyclic) bond motifs is 1. The van der Waals surface area contributed by atoms with Gasteiger partial charge in [-0.2, -0.15) is 0 Å². The molecule has 0 bridgehead atoms. The van der Waals surface area contributed by atoms with Crippen molar-refractivity contribution in [2.75, 3.05) is 0 Å². The Balaban J connectivity index is 1.70. The van der Waals surface area contributed by atoms with Crippen LogP contribution in [0.5, 0.6) is 0 Å². The van der Waals surface area contributed by atoms with Gasteiger partial charge in [-0.25, -0.2) is 14.4 Å². The zero-order valence-electron chi connectivity index (χ0n) is 12.1. The van der Waals surface area contributed by atoms with E-state index in [0.717, 1.165) is 15.4 Å². The Morgan fingerprint density at radius 3 is 2.91 bits per heavy atom. The lowest BCUT2D eigenvalue weighted by atomic mass is 10.2. The van der Waals surface area contributed by atoms with Crippen molar-refractivity contribution in [1.82, 2.24) is 15.3 Å². The molecule has 0 aliphatic heterocycles. The van der Waals surface area contributed by atoms with Gasteiger partial charge in [0.1, 0.15) is 5.82 Å². The van der Waals surface area contributed by atoms with Gasteiger partial charge in [0.05, 0.1) is 27.5 Å². The summed E-state index contributed by atoms with van der Waals surface area (Å²) in [6.45, 7) is 4.54. The van der Waals surface area contributed by atoms with Crippen LogP contribution in [0.2, 0.25) is 0 Å². The van der Waals surface area contributed by atoms with Crippen LogP contribution in [-0.4, -0.2) is 15.9 Å². The number of thiazole rings is 2. The van der Waals surface area contributed by atoms with Crippen molar-refractivity contribution >= 4 is 38.8 Å². The summed E-state index contributed by atoms with van der Waals surface area (Å²) >= 11 is 2.85. The quantitative estimate of drug-likeness (QED) is 0.785. The number of nitrogens with zero attached hydrogens (tertiary/aromatic N) is 2. The third-order valence-electron chi connectivity index (χ3n) is 3.04. The molecule has 3 rings (SSSR count). The minimum Gasteiger partial charge on any atom is -0.344 e. The SMILES string of the molecule is CC(C)c1nc(CNC(=O)c2nc3cc(F)ccc3s2)cs1. The molecular formula is C15H14FN3OS2. The lowest BCUT2D eigenvalue weighted by Gasteiger charge is -2.00. The van der Waals surface area contributed by atoms with E-state index in [9.17, 15) is 9.18 Å². The molecule has 2 heterocycles. The molecule has 0 fully saturated rings. The molecule has 0 atom stereocenters. The van der Waals surface area contributed by atoms with Crippen LogP contribution in [0.3, 0.4) is 0 Å². The summed E-state index contributed by atoms with van der Waals surface area (Å²) in [5.41, 5.74) is 1.35. The van der Waals surface area contributed by atoms with Crippen molar-refractivity contribution in [3.05, 3.63) is 45.1 Å². The summed E-state index contributed by atoms with van der Waals surface area (Å²) in [6, 6.07) is 4.33. The van der Waals surface area contributed by atoms with Crippen LogP contribution in [0.25, 0.3) is 10.2 Å². The Morgan fingerprint density at radius 1 is 1.36 bits per heavy atom. The van der Waals surface area contributed by atoms with E-state index in [0.29, 0.717) is 23.0 Å². The first-order chi connectivity index (χ1) is 10.5. The van der Waals surface area contributed by atoms with E-state index in [4.69, 9.17) is 0 Å². The lowest BCUT2D eigenvalue weighted by molar-refractivity contribution is 0.0950. The first-order valence-electron chi connectivity index (χ1n) is 6.81. The maximum atomic E-state index is 13.1. The average molecular weight is 335 g/mol. The second-order valence-corrected chi connectivity index (χ2v) is 7.07. The highest BCUT2D eigenvalue weighted by atomic mass is 32.1. The van der Waals surface area contributed by atoms with Crippen molar-refractivity contribution < 1.29 is 9.18 Å². The van der Waals surface area contributed by atoms with Crippen LogP contribution in [0, 0.1) is 5.82 Å². The van der Waals surface area contributed by atoms with E-state index in [1.165, 1.54) is 23.5 Å². The van der Waals surface area contributed by atoms with E-state index >= 15 is 0 Å². The summed E-state index contributed by atoms with van der Waals surface area (Å²) in [7, 11) is 0. The predicted molar refractivity (Wildman–Crippen MR) is 87.0 cm³/mol. The Bertz CT molecular complexity index is 825. The number of carbonyl (C=O) groups is 1. The molecular weight excluding hydrogens is 321 g/mol. The third-order valence-corrected chi connectivity index (χ3v) is 5.27. The maximum absolute atomic E-state index is 13.1. The second kappa shape index (κ2) is 6.10. The van der Waals surface area contributed by atoms with Crippen molar-refractivity contribution in [3.8, 4) is 0 Å². The van der Waals surface area contributed by atoms with E-state index in [1.54, 1.807) is 17.4 Å². The number of hydrogen-bond donors (Lipinski definition) is 1. The molecule has 0 unspecified atom stereocenters. The van der Waals surface area contributed by atoms with Crippen molar-refractivity contribution in [1.29, 1.82) is 0 Å².